The molecule has 0 radical (unpaired) electrons. The molecule has 5 heteroatoms. The number of piperidine rings is 1. The summed E-state index contributed by atoms with van der Waals surface area (Å²) in [4.78, 5) is 12.7. The van der Waals surface area contributed by atoms with Gasteiger partial charge in [-0.1, -0.05) is 12.1 Å². The molecule has 0 aromatic heterocycles. The number of rotatable bonds is 5. The van der Waals surface area contributed by atoms with Gasteiger partial charge < -0.3 is 9.84 Å². The van der Waals surface area contributed by atoms with Crippen molar-refractivity contribution in [3.8, 4) is 0 Å². The summed E-state index contributed by atoms with van der Waals surface area (Å²) in [5.41, 5.74) is 0.968. The van der Waals surface area contributed by atoms with Gasteiger partial charge in [0.05, 0.1) is 6.10 Å². The number of carbonyl (C=O) groups is 1. The van der Waals surface area contributed by atoms with Crippen molar-refractivity contribution in [1.29, 1.82) is 0 Å². The maximum Gasteiger partial charge on any atom is 0.329 e. The third-order valence-corrected chi connectivity index (χ3v) is 3.80. The Morgan fingerprint density at radius 1 is 1.50 bits per heavy atom. The normalized spacial score (nSPS) is 18.9. The molecule has 1 aromatic carbocycles. The zero-order valence-corrected chi connectivity index (χ0v) is 11.6. The Balaban J connectivity index is 1.85. The summed E-state index contributed by atoms with van der Waals surface area (Å²) in [5, 5.41) is 8.59. The fraction of sp³-hybridized carbons (Fsp3) is 0.533. The van der Waals surface area contributed by atoms with Crippen molar-refractivity contribution in [2.45, 2.75) is 31.9 Å². The van der Waals surface area contributed by atoms with Gasteiger partial charge in [0, 0.05) is 19.1 Å². The molecule has 1 saturated heterocycles. The van der Waals surface area contributed by atoms with Crippen LogP contribution in [0, 0.1) is 5.82 Å². The highest BCUT2D eigenvalue weighted by molar-refractivity contribution is 5.68. The third kappa shape index (κ3) is 4.02. The molecule has 0 aliphatic carbocycles. The fourth-order valence-electron chi connectivity index (χ4n) is 2.60. The first-order chi connectivity index (χ1) is 9.56. The maximum atomic E-state index is 13.2. The number of likely N-dealkylation sites (tertiary alicyclic amines) is 1. The number of hydrogen-bond acceptors (Lipinski definition) is 3. The number of halogens is 1. The second-order valence-electron chi connectivity index (χ2n) is 5.17. The average molecular weight is 281 g/mol. The molecule has 1 aliphatic rings. The number of nitrogens with zero attached hydrogens (tertiary/aromatic N) is 1. The van der Waals surface area contributed by atoms with Crippen LogP contribution in [0.25, 0.3) is 0 Å². The zero-order valence-electron chi connectivity index (χ0n) is 11.6. The van der Waals surface area contributed by atoms with Gasteiger partial charge in [0.1, 0.15) is 12.4 Å². The predicted molar refractivity (Wildman–Crippen MR) is 73.0 cm³/mol. The highest BCUT2D eigenvalue weighted by Crippen LogP contribution is 2.25. The quantitative estimate of drug-likeness (QED) is 0.900. The zero-order chi connectivity index (χ0) is 14.5. The van der Waals surface area contributed by atoms with E-state index in [1.54, 1.807) is 12.1 Å². The van der Waals surface area contributed by atoms with Crippen LogP contribution < -0.4 is 0 Å². The summed E-state index contributed by atoms with van der Waals surface area (Å²) in [7, 11) is 0. The molecule has 1 heterocycles. The molecule has 1 atom stereocenters. The number of benzene rings is 1. The Hall–Kier alpha value is -1.46. The fourth-order valence-corrected chi connectivity index (χ4v) is 2.60. The van der Waals surface area contributed by atoms with Crippen molar-refractivity contribution in [3.05, 3.63) is 35.6 Å². The van der Waals surface area contributed by atoms with Crippen molar-refractivity contribution in [3.63, 3.8) is 0 Å². The van der Waals surface area contributed by atoms with Crippen LogP contribution in [-0.2, 0) is 9.53 Å². The maximum absolute atomic E-state index is 13.2. The number of hydrogen-bond donors (Lipinski definition) is 1. The van der Waals surface area contributed by atoms with Gasteiger partial charge in [-0.3, -0.25) is 4.90 Å². The van der Waals surface area contributed by atoms with Crippen molar-refractivity contribution >= 4 is 5.97 Å². The molecule has 0 amide bonds. The minimum atomic E-state index is -0.930. The van der Waals surface area contributed by atoms with Gasteiger partial charge in [0.2, 0.25) is 0 Å². The van der Waals surface area contributed by atoms with E-state index in [0.717, 1.165) is 31.5 Å². The Kier molecular flexibility index (Phi) is 5.09. The predicted octanol–water partition coefficient (Wildman–Crippen LogP) is 2.45. The molecule has 1 aromatic rings. The Bertz CT molecular complexity index is 458. The van der Waals surface area contributed by atoms with Crippen LogP contribution in [0.5, 0.6) is 0 Å². The van der Waals surface area contributed by atoms with E-state index in [9.17, 15) is 9.18 Å². The number of ether oxygens (including phenoxy) is 1. The largest absolute Gasteiger partial charge is 0.480 e. The van der Waals surface area contributed by atoms with Gasteiger partial charge >= 0.3 is 5.97 Å². The summed E-state index contributed by atoms with van der Waals surface area (Å²) in [5.74, 6) is -1.14. The number of aliphatic carboxylic acids is 1. The van der Waals surface area contributed by atoms with Crippen LogP contribution in [-0.4, -0.2) is 41.8 Å². The van der Waals surface area contributed by atoms with E-state index < -0.39 is 5.97 Å². The first kappa shape index (κ1) is 14.9. The van der Waals surface area contributed by atoms with Gasteiger partial charge in [-0.15, -0.1) is 0 Å². The molecule has 110 valence electrons. The molecule has 2 rings (SSSR count). The van der Waals surface area contributed by atoms with E-state index in [-0.39, 0.29) is 24.6 Å². The second-order valence-corrected chi connectivity index (χ2v) is 5.17. The summed E-state index contributed by atoms with van der Waals surface area (Å²) < 4.78 is 18.5. The monoisotopic (exact) mass is 281 g/mol. The van der Waals surface area contributed by atoms with Crippen LogP contribution in [0.15, 0.2) is 24.3 Å². The molecule has 1 N–H and O–H groups in total. The highest BCUT2D eigenvalue weighted by atomic mass is 19.1. The van der Waals surface area contributed by atoms with Gasteiger partial charge in [-0.2, -0.15) is 0 Å². The van der Waals surface area contributed by atoms with Crippen LogP contribution in [0.1, 0.15) is 31.4 Å². The van der Waals surface area contributed by atoms with Crippen LogP contribution >= 0.6 is 0 Å². The second kappa shape index (κ2) is 6.81. The van der Waals surface area contributed by atoms with E-state index in [4.69, 9.17) is 9.84 Å². The lowest BCUT2D eigenvalue weighted by Gasteiger charge is -2.36. The third-order valence-electron chi connectivity index (χ3n) is 3.80. The molecule has 20 heavy (non-hydrogen) atoms. The molecule has 1 aliphatic heterocycles. The van der Waals surface area contributed by atoms with Gasteiger partial charge in [-0.05, 0) is 37.5 Å². The molecule has 1 unspecified atom stereocenters. The Labute approximate surface area is 118 Å². The molecule has 0 saturated carbocycles. The van der Waals surface area contributed by atoms with Crippen LogP contribution in [0.2, 0.25) is 0 Å². The lowest BCUT2D eigenvalue weighted by atomic mass is 10.0. The van der Waals surface area contributed by atoms with E-state index in [1.807, 2.05) is 6.07 Å². The van der Waals surface area contributed by atoms with Gasteiger partial charge in [0.25, 0.3) is 0 Å². The molecule has 1 fully saturated rings. The first-order valence-corrected chi connectivity index (χ1v) is 6.89. The summed E-state index contributed by atoms with van der Waals surface area (Å²) >= 11 is 0. The SMILES string of the molecule is CC(c1cccc(F)c1)N1CCC(OCC(=O)O)CC1. The summed E-state index contributed by atoms with van der Waals surface area (Å²) in [6, 6.07) is 6.83. The minimum absolute atomic E-state index is 0.0158. The van der Waals surface area contributed by atoms with E-state index in [1.165, 1.54) is 6.07 Å². The summed E-state index contributed by atoms with van der Waals surface area (Å²) in [6.45, 7) is 3.50. The van der Waals surface area contributed by atoms with E-state index >= 15 is 0 Å². The molecular formula is C15H20FNO3. The van der Waals surface area contributed by atoms with Crippen molar-refractivity contribution < 1.29 is 19.0 Å². The standard InChI is InChI=1S/C15H20FNO3/c1-11(12-3-2-4-13(16)9-12)17-7-5-14(6-8-17)20-10-15(18)19/h2-4,9,11,14H,5-8,10H2,1H3,(H,18,19). The molecule has 0 spiro atoms. The van der Waals surface area contributed by atoms with Gasteiger partial charge in [0.15, 0.2) is 0 Å². The Morgan fingerprint density at radius 3 is 2.80 bits per heavy atom. The average Bonchev–Trinajstić information content (AvgIpc) is 2.45. The summed E-state index contributed by atoms with van der Waals surface area (Å²) in [6.07, 6.45) is 1.64. The van der Waals surface area contributed by atoms with E-state index in [0.29, 0.717) is 0 Å². The van der Waals surface area contributed by atoms with E-state index in [2.05, 4.69) is 11.8 Å². The lowest BCUT2D eigenvalue weighted by Crippen LogP contribution is -2.39. The van der Waals surface area contributed by atoms with Crippen molar-refractivity contribution in [2.24, 2.45) is 0 Å². The topological polar surface area (TPSA) is 49.8 Å². The first-order valence-electron chi connectivity index (χ1n) is 6.89. The highest BCUT2D eigenvalue weighted by Gasteiger charge is 2.24. The van der Waals surface area contributed by atoms with Crippen molar-refractivity contribution in [1.82, 2.24) is 4.90 Å². The van der Waals surface area contributed by atoms with Crippen LogP contribution in [0.4, 0.5) is 4.39 Å². The smallest absolute Gasteiger partial charge is 0.329 e. The Morgan fingerprint density at radius 2 is 2.20 bits per heavy atom. The number of carboxylic acids is 1. The van der Waals surface area contributed by atoms with Crippen molar-refractivity contribution in [2.75, 3.05) is 19.7 Å². The molecule has 4 nitrogen and oxygen atoms in total. The van der Waals surface area contributed by atoms with Gasteiger partial charge in [-0.25, -0.2) is 9.18 Å². The lowest BCUT2D eigenvalue weighted by molar-refractivity contribution is -0.145. The number of carboxylic acid groups (broad SMARTS) is 1. The minimum Gasteiger partial charge on any atom is -0.480 e. The van der Waals surface area contributed by atoms with Crippen LogP contribution in [0.3, 0.4) is 0 Å². The molecule has 0 bridgehead atoms. The molecular weight excluding hydrogens is 261 g/mol.